The van der Waals surface area contributed by atoms with Crippen molar-refractivity contribution in [3.63, 3.8) is 0 Å². The van der Waals surface area contributed by atoms with E-state index in [4.69, 9.17) is 4.55 Å². The van der Waals surface area contributed by atoms with Gasteiger partial charge < -0.3 is 4.90 Å². The molecule has 12 heteroatoms. The van der Waals surface area contributed by atoms with Crippen molar-refractivity contribution in [2.45, 2.75) is 51.1 Å². The fourth-order valence-electron chi connectivity index (χ4n) is 3.94. The van der Waals surface area contributed by atoms with Crippen molar-refractivity contribution < 1.29 is 31.6 Å². The summed E-state index contributed by atoms with van der Waals surface area (Å²) >= 11 is 0. The van der Waals surface area contributed by atoms with Crippen LogP contribution in [-0.4, -0.2) is 59.4 Å². The molecule has 0 aromatic heterocycles. The summed E-state index contributed by atoms with van der Waals surface area (Å²) < 4.78 is 34.8. The molecule has 2 aliphatic heterocycles. The third kappa shape index (κ3) is 3.76. The molecule has 146 valence electrons. The topological polar surface area (TPSA) is 145 Å². The molecular weight excluding hydrogens is 368 g/mol. The summed E-state index contributed by atoms with van der Waals surface area (Å²) in [5.74, 6) is -0.683. The van der Waals surface area contributed by atoms with Crippen LogP contribution in [0.15, 0.2) is 0 Å². The minimum Gasteiger partial charge on any atom is -0.309 e. The molecular formula is C14H22N4O7S. The average molecular weight is 390 g/mol. The zero-order valence-electron chi connectivity index (χ0n) is 14.3. The van der Waals surface area contributed by atoms with E-state index >= 15 is 0 Å². The van der Waals surface area contributed by atoms with Crippen LogP contribution < -0.4 is 10.9 Å². The summed E-state index contributed by atoms with van der Waals surface area (Å²) in [4.78, 5) is 37.9. The van der Waals surface area contributed by atoms with E-state index in [-0.39, 0.29) is 30.7 Å². The van der Waals surface area contributed by atoms with E-state index in [2.05, 4.69) is 15.1 Å². The van der Waals surface area contributed by atoms with Crippen molar-refractivity contribution in [1.29, 1.82) is 0 Å². The minimum atomic E-state index is -4.83. The maximum absolute atomic E-state index is 12.4. The fraction of sp³-hybridized carbons (Fsp3) is 0.786. The number of hydroxylamine groups is 2. The summed E-state index contributed by atoms with van der Waals surface area (Å²) in [6.07, 6.45) is 3.33. The number of hydrogen-bond donors (Lipinski definition) is 3. The van der Waals surface area contributed by atoms with Crippen LogP contribution in [0.2, 0.25) is 0 Å². The first-order valence-electron chi connectivity index (χ1n) is 8.54. The van der Waals surface area contributed by atoms with Gasteiger partial charge in [0.05, 0.1) is 6.04 Å². The predicted molar refractivity (Wildman–Crippen MR) is 86.2 cm³/mol. The molecule has 0 aromatic carbocycles. The van der Waals surface area contributed by atoms with Crippen LogP contribution in [0.3, 0.4) is 0 Å². The lowest BCUT2D eigenvalue weighted by molar-refractivity contribution is -0.134. The maximum atomic E-state index is 12.4. The maximum Gasteiger partial charge on any atom is 0.418 e. The van der Waals surface area contributed by atoms with Crippen LogP contribution in [0.4, 0.5) is 4.79 Å². The highest BCUT2D eigenvalue weighted by Gasteiger charge is 2.49. The van der Waals surface area contributed by atoms with E-state index in [9.17, 15) is 22.8 Å². The second kappa shape index (κ2) is 7.00. The van der Waals surface area contributed by atoms with Crippen molar-refractivity contribution in [3.05, 3.63) is 0 Å². The lowest BCUT2D eigenvalue weighted by Crippen LogP contribution is -2.55. The fourth-order valence-corrected chi connectivity index (χ4v) is 4.33. The molecule has 2 heterocycles. The molecule has 1 aliphatic carbocycles. The van der Waals surface area contributed by atoms with Crippen molar-refractivity contribution in [1.82, 2.24) is 20.8 Å². The zero-order chi connectivity index (χ0) is 19.1. The molecule has 0 radical (unpaired) electrons. The molecule has 4 amide bonds. The van der Waals surface area contributed by atoms with Gasteiger partial charge in [0.1, 0.15) is 6.04 Å². The van der Waals surface area contributed by atoms with E-state index < -0.39 is 34.4 Å². The number of rotatable bonds is 4. The van der Waals surface area contributed by atoms with Crippen molar-refractivity contribution in [2.75, 3.05) is 6.54 Å². The van der Waals surface area contributed by atoms with Gasteiger partial charge in [-0.25, -0.2) is 4.79 Å². The first-order valence-corrected chi connectivity index (χ1v) is 9.90. The van der Waals surface area contributed by atoms with Crippen LogP contribution >= 0.6 is 0 Å². The number of amides is 4. The van der Waals surface area contributed by atoms with Crippen LogP contribution in [0, 0.1) is 11.8 Å². The van der Waals surface area contributed by atoms with E-state index in [0.717, 1.165) is 19.3 Å². The van der Waals surface area contributed by atoms with Gasteiger partial charge >= 0.3 is 16.4 Å². The first kappa shape index (κ1) is 18.9. The van der Waals surface area contributed by atoms with Gasteiger partial charge in [0.25, 0.3) is 5.91 Å². The molecule has 3 rings (SSSR count). The standard InChI is InChI=1S/C14H22N4O7S/c1-8-3-2-4-10(8)12(19)15-16-13(20)11-6-5-9-7-17(11)14(21)18(9)25-26(22,23)24/h8-11H,2-7H2,1H3,(H,15,19)(H,16,20)(H,22,23,24)/t8-,9-,10?,11+/m1/s1. The number of nitrogens with zero attached hydrogens (tertiary/aromatic N) is 2. The highest BCUT2D eigenvalue weighted by atomic mass is 32.3. The molecule has 3 fully saturated rings. The second-order valence-corrected chi connectivity index (χ2v) is 8.01. The smallest absolute Gasteiger partial charge is 0.309 e. The molecule has 4 atom stereocenters. The van der Waals surface area contributed by atoms with Gasteiger partial charge in [-0.15, -0.1) is 4.28 Å². The number of carbonyl (C=O) groups excluding carboxylic acids is 3. The van der Waals surface area contributed by atoms with E-state index in [0.29, 0.717) is 11.5 Å². The Morgan fingerprint density at radius 1 is 1.15 bits per heavy atom. The number of nitrogens with one attached hydrogen (secondary N) is 2. The summed E-state index contributed by atoms with van der Waals surface area (Å²) in [6.45, 7) is 2.09. The highest BCUT2D eigenvalue weighted by Crippen LogP contribution is 2.32. The molecule has 0 spiro atoms. The van der Waals surface area contributed by atoms with Gasteiger partial charge in [0.2, 0.25) is 5.91 Å². The Kier molecular flexibility index (Phi) is 5.08. The van der Waals surface area contributed by atoms with E-state index in [1.54, 1.807) is 0 Å². The number of fused-ring (bicyclic) bond motifs is 2. The quantitative estimate of drug-likeness (QED) is 0.436. The Morgan fingerprint density at radius 2 is 1.85 bits per heavy atom. The third-order valence-corrected chi connectivity index (χ3v) is 5.66. The summed E-state index contributed by atoms with van der Waals surface area (Å²) in [7, 11) is -4.83. The van der Waals surface area contributed by atoms with Gasteiger partial charge in [-0.05, 0) is 31.6 Å². The number of carbonyl (C=O) groups is 3. The summed E-state index contributed by atoms with van der Waals surface area (Å²) in [6, 6.07) is -2.24. The molecule has 26 heavy (non-hydrogen) atoms. The Hall–Kier alpha value is -1.92. The summed E-state index contributed by atoms with van der Waals surface area (Å²) in [5, 5.41) is 0.571. The zero-order valence-corrected chi connectivity index (χ0v) is 15.1. The van der Waals surface area contributed by atoms with Crippen LogP contribution in [0.25, 0.3) is 0 Å². The average Bonchev–Trinajstić information content (AvgIpc) is 3.09. The second-order valence-electron chi connectivity index (χ2n) is 7.00. The molecule has 1 unspecified atom stereocenters. The van der Waals surface area contributed by atoms with Crippen molar-refractivity contribution in [2.24, 2.45) is 11.8 Å². The lowest BCUT2D eigenvalue weighted by atomic mass is 9.98. The SMILES string of the molecule is C[C@@H]1CCCC1C(=O)NNC(=O)[C@@H]1CC[C@@H]2CN1C(=O)N2OS(=O)(=O)O. The Labute approximate surface area is 150 Å². The first-order chi connectivity index (χ1) is 12.2. The van der Waals surface area contributed by atoms with E-state index in [1.807, 2.05) is 6.92 Å². The number of hydrazine groups is 1. The molecule has 3 N–H and O–H groups in total. The van der Waals surface area contributed by atoms with Gasteiger partial charge in [-0.3, -0.25) is 25.0 Å². The predicted octanol–water partition coefficient (Wildman–Crippen LogP) is -0.427. The number of piperidine rings is 1. The van der Waals surface area contributed by atoms with Gasteiger partial charge in [0.15, 0.2) is 0 Å². The Morgan fingerprint density at radius 3 is 2.46 bits per heavy atom. The largest absolute Gasteiger partial charge is 0.418 e. The monoisotopic (exact) mass is 390 g/mol. The minimum absolute atomic E-state index is 0.0973. The number of urea groups is 1. The normalized spacial score (nSPS) is 31.2. The molecule has 3 aliphatic rings. The van der Waals surface area contributed by atoms with Crippen molar-refractivity contribution >= 4 is 28.2 Å². The Balaban J connectivity index is 1.57. The lowest BCUT2D eigenvalue weighted by Gasteiger charge is -2.29. The van der Waals surface area contributed by atoms with Crippen LogP contribution in [0.1, 0.15) is 39.0 Å². The highest BCUT2D eigenvalue weighted by molar-refractivity contribution is 7.80. The van der Waals surface area contributed by atoms with E-state index in [1.165, 1.54) is 4.90 Å². The third-order valence-electron chi connectivity index (χ3n) is 5.31. The van der Waals surface area contributed by atoms with Gasteiger partial charge in [0, 0.05) is 12.5 Å². The number of hydrogen-bond acceptors (Lipinski definition) is 6. The van der Waals surface area contributed by atoms with Gasteiger partial charge in [-0.2, -0.15) is 13.5 Å². The molecule has 11 nitrogen and oxygen atoms in total. The van der Waals surface area contributed by atoms with Gasteiger partial charge in [-0.1, -0.05) is 13.3 Å². The molecule has 1 saturated carbocycles. The molecule has 2 saturated heterocycles. The van der Waals surface area contributed by atoms with Crippen LogP contribution in [-0.2, 0) is 24.3 Å². The summed E-state index contributed by atoms with van der Waals surface area (Å²) in [5.41, 5.74) is 4.77. The molecule has 0 aromatic rings. The van der Waals surface area contributed by atoms with Crippen molar-refractivity contribution in [3.8, 4) is 0 Å². The molecule has 2 bridgehead atoms. The van der Waals surface area contributed by atoms with Crippen LogP contribution in [0.5, 0.6) is 0 Å². The Bertz CT molecular complexity index is 712.